The van der Waals surface area contributed by atoms with Gasteiger partial charge >= 0.3 is 12.3 Å². The number of aliphatic carboxylic acids is 1. The number of carbonyl (C=O) groups is 2. The molecule has 0 saturated heterocycles. The summed E-state index contributed by atoms with van der Waals surface area (Å²) in [7, 11) is 0. The number of carboxylic acid groups (broad SMARTS) is 1. The van der Waals surface area contributed by atoms with Crippen LogP contribution in [-0.4, -0.2) is 32.7 Å². The molecule has 38 heavy (non-hydrogen) atoms. The van der Waals surface area contributed by atoms with E-state index in [-0.39, 0.29) is 23.7 Å². The topological polar surface area (TPSA) is 92.9 Å². The molecule has 2 aromatic carbocycles. The Morgan fingerprint density at radius 2 is 1.82 bits per heavy atom. The van der Waals surface area contributed by atoms with E-state index < -0.39 is 24.0 Å². The number of nitrogens with zero attached hydrogens (tertiary/aromatic N) is 2. The highest BCUT2D eigenvalue weighted by Gasteiger charge is 2.31. The summed E-state index contributed by atoms with van der Waals surface area (Å²) in [6.07, 6.45) is 2.74. The summed E-state index contributed by atoms with van der Waals surface area (Å²) in [5, 5.41) is 11.6. The maximum atomic E-state index is 12.6. The number of amides is 1. The second-order valence-corrected chi connectivity index (χ2v) is 10.4. The fraction of sp³-hybridized carbons (Fsp3) is 0.296. The van der Waals surface area contributed by atoms with E-state index in [9.17, 15) is 22.8 Å². The quantitative estimate of drug-likeness (QED) is 0.263. The molecule has 11 heteroatoms. The van der Waals surface area contributed by atoms with Crippen molar-refractivity contribution < 1.29 is 32.6 Å². The molecule has 2 N–H and O–H groups in total. The molecular weight excluding hydrogens is 519 g/mol. The SMILES string of the molecule is O=C(O)CC1CCC(c2ccc(-c3cn4cc(C(=O)Nc5cccc(OC(F)(F)F)c5)nc4s3)cc2)CC1. The molecule has 1 saturated carbocycles. The molecular formula is C27H24F3N3O4S. The van der Waals surface area contributed by atoms with Crippen LogP contribution in [-0.2, 0) is 4.79 Å². The first-order valence-corrected chi connectivity index (χ1v) is 12.9. The van der Waals surface area contributed by atoms with Gasteiger partial charge in [0.1, 0.15) is 11.4 Å². The standard InChI is InChI=1S/C27H24F3N3O4S/c28-27(29,30)37-21-3-1-2-20(13-21)31-25(36)22-14-33-15-23(38-26(33)32-22)19-10-8-18(9-11-19)17-6-4-16(5-7-17)12-24(34)35/h1-3,8-11,13-17H,4-7,12H2,(H,31,36)(H,34,35). The number of ether oxygens (including phenoxy) is 1. The van der Waals surface area contributed by atoms with E-state index in [4.69, 9.17) is 5.11 Å². The van der Waals surface area contributed by atoms with Crippen LogP contribution in [0.5, 0.6) is 5.75 Å². The van der Waals surface area contributed by atoms with E-state index in [0.29, 0.717) is 10.9 Å². The van der Waals surface area contributed by atoms with Crippen molar-refractivity contribution in [2.24, 2.45) is 5.92 Å². The first kappa shape index (κ1) is 25.8. The lowest BCUT2D eigenvalue weighted by atomic mass is 9.77. The van der Waals surface area contributed by atoms with E-state index in [1.54, 1.807) is 10.6 Å². The summed E-state index contributed by atoms with van der Waals surface area (Å²) in [5.41, 5.74) is 2.58. The highest BCUT2D eigenvalue weighted by atomic mass is 32.1. The van der Waals surface area contributed by atoms with Crippen molar-refractivity contribution in [2.75, 3.05) is 5.32 Å². The molecule has 5 rings (SSSR count). The molecule has 4 aromatic rings. The molecule has 7 nitrogen and oxygen atoms in total. The van der Waals surface area contributed by atoms with E-state index >= 15 is 0 Å². The summed E-state index contributed by atoms with van der Waals surface area (Å²) >= 11 is 1.42. The van der Waals surface area contributed by atoms with Gasteiger partial charge in [0.2, 0.25) is 0 Å². The molecule has 0 bridgehead atoms. The number of nitrogens with one attached hydrogen (secondary N) is 1. The highest BCUT2D eigenvalue weighted by Crippen LogP contribution is 2.38. The number of aromatic nitrogens is 2. The molecule has 1 aliphatic rings. The fourth-order valence-electron chi connectivity index (χ4n) is 4.87. The first-order chi connectivity index (χ1) is 18.1. The maximum absolute atomic E-state index is 12.6. The zero-order valence-corrected chi connectivity index (χ0v) is 20.9. The van der Waals surface area contributed by atoms with Crippen LogP contribution in [0.15, 0.2) is 60.9 Å². The van der Waals surface area contributed by atoms with Crippen LogP contribution in [0, 0.1) is 5.92 Å². The molecule has 1 aliphatic carbocycles. The Morgan fingerprint density at radius 1 is 1.08 bits per heavy atom. The fourth-order valence-corrected chi connectivity index (χ4v) is 5.84. The monoisotopic (exact) mass is 543 g/mol. The Balaban J connectivity index is 1.22. The first-order valence-electron chi connectivity index (χ1n) is 12.1. The minimum atomic E-state index is -4.82. The lowest BCUT2D eigenvalue weighted by Gasteiger charge is -2.28. The average Bonchev–Trinajstić information content (AvgIpc) is 3.43. The van der Waals surface area contributed by atoms with Crippen LogP contribution in [0.1, 0.15) is 54.1 Å². The largest absolute Gasteiger partial charge is 0.573 e. The van der Waals surface area contributed by atoms with Crippen molar-refractivity contribution in [3.05, 3.63) is 72.2 Å². The molecule has 1 fully saturated rings. The van der Waals surface area contributed by atoms with Gasteiger partial charge in [-0.15, -0.1) is 13.2 Å². The molecule has 0 atom stereocenters. The number of imidazole rings is 1. The molecule has 198 valence electrons. The van der Waals surface area contributed by atoms with Gasteiger partial charge in [0.25, 0.3) is 5.91 Å². The van der Waals surface area contributed by atoms with Gasteiger partial charge in [-0.05, 0) is 60.8 Å². The van der Waals surface area contributed by atoms with E-state index in [1.807, 2.05) is 6.20 Å². The lowest BCUT2D eigenvalue weighted by molar-refractivity contribution is -0.274. The molecule has 0 radical (unpaired) electrons. The number of thiazole rings is 1. The predicted molar refractivity (Wildman–Crippen MR) is 137 cm³/mol. The maximum Gasteiger partial charge on any atom is 0.573 e. The van der Waals surface area contributed by atoms with Gasteiger partial charge in [0, 0.05) is 30.6 Å². The van der Waals surface area contributed by atoms with Crippen molar-refractivity contribution >= 4 is 33.9 Å². The Bertz CT molecular complexity index is 1420. The summed E-state index contributed by atoms with van der Waals surface area (Å²) in [6, 6.07) is 13.4. The Labute approximate surface area is 219 Å². The molecule has 2 aromatic heterocycles. The normalized spacial score (nSPS) is 17.9. The van der Waals surface area contributed by atoms with Crippen LogP contribution >= 0.6 is 11.3 Å². The molecule has 0 unspecified atom stereocenters. The van der Waals surface area contributed by atoms with Gasteiger partial charge in [-0.2, -0.15) is 0 Å². The summed E-state index contributed by atoms with van der Waals surface area (Å²) in [6.45, 7) is 0. The lowest BCUT2D eigenvalue weighted by Crippen LogP contribution is -2.17. The smallest absolute Gasteiger partial charge is 0.481 e. The number of rotatable bonds is 7. The van der Waals surface area contributed by atoms with Crippen LogP contribution in [0.4, 0.5) is 18.9 Å². The van der Waals surface area contributed by atoms with Crippen molar-refractivity contribution in [3.63, 3.8) is 0 Å². The van der Waals surface area contributed by atoms with Gasteiger partial charge in [0.15, 0.2) is 4.96 Å². The zero-order chi connectivity index (χ0) is 26.9. The van der Waals surface area contributed by atoms with Crippen molar-refractivity contribution in [1.82, 2.24) is 9.38 Å². The number of carboxylic acids is 1. The molecule has 2 heterocycles. The number of hydrogen-bond donors (Lipinski definition) is 2. The van der Waals surface area contributed by atoms with Gasteiger partial charge in [0.05, 0.1) is 4.88 Å². The molecule has 0 aliphatic heterocycles. The molecule has 0 spiro atoms. The second kappa shape index (κ2) is 10.5. The number of alkyl halides is 3. The van der Waals surface area contributed by atoms with Crippen LogP contribution in [0.2, 0.25) is 0 Å². The zero-order valence-electron chi connectivity index (χ0n) is 20.1. The number of carbonyl (C=O) groups excluding carboxylic acids is 1. The number of halogens is 3. The second-order valence-electron chi connectivity index (χ2n) is 9.38. The van der Waals surface area contributed by atoms with E-state index in [1.165, 1.54) is 29.0 Å². The van der Waals surface area contributed by atoms with Crippen LogP contribution in [0.3, 0.4) is 0 Å². The summed E-state index contributed by atoms with van der Waals surface area (Å²) < 4.78 is 43.0. The molecule has 1 amide bonds. The van der Waals surface area contributed by atoms with Gasteiger partial charge in [-0.25, -0.2) is 4.98 Å². The van der Waals surface area contributed by atoms with Crippen molar-refractivity contribution in [2.45, 2.75) is 44.4 Å². The summed E-state index contributed by atoms with van der Waals surface area (Å²) in [5.74, 6) is -0.989. The number of hydrogen-bond acceptors (Lipinski definition) is 5. The third kappa shape index (κ3) is 6.16. The van der Waals surface area contributed by atoms with Crippen molar-refractivity contribution in [3.8, 4) is 16.2 Å². The Morgan fingerprint density at radius 3 is 2.47 bits per heavy atom. The van der Waals surface area contributed by atoms with E-state index in [2.05, 4.69) is 39.3 Å². The van der Waals surface area contributed by atoms with Gasteiger partial charge < -0.3 is 15.2 Å². The van der Waals surface area contributed by atoms with Gasteiger partial charge in [-0.1, -0.05) is 41.7 Å². The number of fused-ring (bicyclic) bond motifs is 1. The van der Waals surface area contributed by atoms with Crippen molar-refractivity contribution in [1.29, 1.82) is 0 Å². The van der Waals surface area contributed by atoms with E-state index in [0.717, 1.165) is 48.3 Å². The minimum Gasteiger partial charge on any atom is -0.481 e. The minimum absolute atomic E-state index is 0.138. The third-order valence-corrected chi connectivity index (χ3v) is 7.74. The highest BCUT2D eigenvalue weighted by molar-refractivity contribution is 7.20. The van der Waals surface area contributed by atoms with Crippen LogP contribution in [0.25, 0.3) is 15.4 Å². The average molecular weight is 544 g/mol. The van der Waals surface area contributed by atoms with Crippen LogP contribution < -0.4 is 10.1 Å². The van der Waals surface area contributed by atoms with Gasteiger partial charge in [-0.3, -0.25) is 14.0 Å². The predicted octanol–water partition coefficient (Wildman–Crippen LogP) is 6.96. The summed E-state index contributed by atoms with van der Waals surface area (Å²) in [4.78, 5) is 29.5. The number of benzene rings is 2. The Kier molecular flexibility index (Phi) is 7.11. The third-order valence-electron chi connectivity index (χ3n) is 6.69. The Hall–Kier alpha value is -3.86. The number of anilines is 1.